The largest absolute Gasteiger partial charge is 0.497 e. The van der Waals surface area contributed by atoms with Crippen molar-refractivity contribution in [2.75, 3.05) is 38.3 Å². The Bertz CT molecular complexity index is 1200. The highest BCUT2D eigenvalue weighted by Crippen LogP contribution is 2.29. The smallest absolute Gasteiger partial charge is 0.295 e. The molecular formula is C23H24N4O5. The monoisotopic (exact) mass is 436 g/mol. The third-order valence-electron chi connectivity index (χ3n) is 5.49. The molecule has 2 aromatic carbocycles. The first-order valence-corrected chi connectivity index (χ1v) is 10.4. The van der Waals surface area contributed by atoms with Gasteiger partial charge >= 0.3 is 0 Å². The molecule has 3 aromatic rings. The number of rotatable bonds is 6. The average Bonchev–Trinajstić information content (AvgIpc) is 2.84. The zero-order chi connectivity index (χ0) is 22.7. The molecule has 0 unspecified atom stereocenters. The summed E-state index contributed by atoms with van der Waals surface area (Å²) < 4.78 is 11.9. The summed E-state index contributed by atoms with van der Waals surface area (Å²) in [6.45, 7) is 4.37. The van der Waals surface area contributed by atoms with E-state index in [-0.39, 0.29) is 16.9 Å². The van der Waals surface area contributed by atoms with Crippen molar-refractivity contribution >= 4 is 11.4 Å². The van der Waals surface area contributed by atoms with E-state index in [1.54, 1.807) is 25.3 Å². The number of nitrogens with zero attached hydrogens (tertiary/aromatic N) is 4. The van der Waals surface area contributed by atoms with Crippen LogP contribution < -0.4 is 15.2 Å². The van der Waals surface area contributed by atoms with E-state index < -0.39 is 4.92 Å². The van der Waals surface area contributed by atoms with E-state index >= 15 is 0 Å². The van der Waals surface area contributed by atoms with Gasteiger partial charge in [-0.1, -0.05) is 19.1 Å². The minimum atomic E-state index is -0.490. The number of methoxy groups -OCH3 is 1. The third kappa shape index (κ3) is 4.19. The zero-order valence-corrected chi connectivity index (χ0v) is 18.0. The topological polar surface area (TPSA) is 99.7 Å². The van der Waals surface area contributed by atoms with Crippen molar-refractivity contribution in [1.82, 2.24) is 9.78 Å². The van der Waals surface area contributed by atoms with Crippen LogP contribution in [-0.2, 0) is 11.2 Å². The van der Waals surface area contributed by atoms with Crippen LogP contribution in [0.15, 0.2) is 53.3 Å². The summed E-state index contributed by atoms with van der Waals surface area (Å²) in [5.74, 6) is 0.653. The molecule has 4 rings (SSSR count). The number of nitro benzene ring substituents is 1. The molecule has 0 radical (unpaired) electrons. The molecule has 0 aliphatic carbocycles. The second-order valence-electron chi connectivity index (χ2n) is 7.39. The molecule has 0 atom stereocenters. The van der Waals surface area contributed by atoms with Crippen molar-refractivity contribution in [2.45, 2.75) is 13.3 Å². The maximum absolute atomic E-state index is 13.2. The van der Waals surface area contributed by atoms with E-state index in [9.17, 15) is 14.9 Å². The first-order chi connectivity index (χ1) is 15.5. The summed E-state index contributed by atoms with van der Waals surface area (Å²) >= 11 is 0. The van der Waals surface area contributed by atoms with E-state index in [0.717, 1.165) is 15.9 Å². The summed E-state index contributed by atoms with van der Waals surface area (Å²) in [7, 11) is 1.57. The van der Waals surface area contributed by atoms with Gasteiger partial charge in [0.2, 0.25) is 0 Å². The summed E-state index contributed by atoms with van der Waals surface area (Å²) in [5.41, 5.74) is 2.17. The summed E-state index contributed by atoms with van der Waals surface area (Å²) in [6, 6.07) is 13.8. The van der Waals surface area contributed by atoms with Crippen molar-refractivity contribution in [2.24, 2.45) is 0 Å². The lowest BCUT2D eigenvalue weighted by Crippen LogP contribution is -2.36. The molecule has 0 saturated carbocycles. The average molecular weight is 436 g/mol. The van der Waals surface area contributed by atoms with E-state index in [1.807, 2.05) is 31.2 Å². The molecule has 1 fully saturated rings. The second kappa shape index (κ2) is 9.19. The van der Waals surface area contributed by atoms with Crippen LogP contribution in [0, 0.1) is 10.1 Å². The number of aryl methyl sites for hydroxylation is 1. The predicted molar refractivity (Wildman–Crippen MR) is 121 cm³/mol. The van der Waals surface area contributed by atoms with Gasteiger partial charge in [-0.2, -0.15) is 9.78 Å². The highest BCUT2D eigenvalue weighted by Gasteiger charge is 2.22. The normalized spacial score (nSPS) is 13.8. The van der Waals surface area contributed by atoms with Gasteiger partial charge in [0.15, 0.2) is 0 Å². The lowest BCUT2D eigenvalue weighted by atomic mass is 10.1. The molecule has 1 aliphatic heterocycles. The third-order valence-corrected chi connectivity index (χ3v) is 5.49. The molecule has 166 valence electrons. The Kier molecular flexibility index (Phi) is 6.18. The number of nitro groups is 1. The molecule has 0 amide bonds. The van der Waals surface area contributed by atoms with Crippen LogP contribution in [0.25, 0.3) is 16.9 Å². The fraction of sp³-hybridized carbons (Fsp3) is 0.304. The van der Waals surface area contributed by atoms with E-state index in [2.05, 4.69) is 10.00 Å². The van der Waals surface area contributed by atoms with E-state index in [1.165, 1.54) is 6.07 Å². The molecule has 1 aliphatic rings. The van der Waals surface area contributed by atoms with Crippen LogP contribution in [-0.4, -0.2) is 48.1 Å². The number of benzene rings is 2. The quantitative estimate of drug-likeness (QED) is 0.432. The number of anilines is 1. The van der Waals surface area contributed by atoms with Gasteiger partial charge in [0.1, 0.15) is 11.4 Å². The van der Waals surface area contributed by atoms with Gasteiger partial charge in [-0.25, -0.2) is 0 Å². The maximum atomic E-state index is 13.2. The highest BCUT2D eigenvalue weighted by atomic mass is 16.6. The predicted octanol–water partition coefficient (Wildman–Crippen LogP) is 3.22. The Balaban J connectivity index is 1.91. The Morgan fingerprint density at radius 3 is 2.62 bits per heavy atom. The standard InChI is InChI=1S/C23H24N4O5/c1-3-16-14-20(17-5-4-6-19(13-17)31-2)24-26(23(16)28)22-15-18(7-8-21(22)27(29)30)25-9-11-32-12-10-25/h4-8,13-15H,3,9-12H2,1-2H3. The van der Waals surface area contributed by atoms with Gasteiger partial charge in [0.05, 0.1) is 30.9 Å². The Morgan fingerprint density at radius 2 is 1.94 bits per heavy atom. The Labute approximate surface area is 185 Å². The van der Waals surface area contributed by atoms with Crippen LogP contribution in [0.2, 0.25) is 0 Å². The minimum Gasteiger partial charge on any atom is -0.497 e. The first-order valence-electron chi connectivity index (χ1n) is 10.4. The molecule has 1 saturated heterocycles. The number of ether oxygens (including phenoxy) is 2. The minimum absolute atomic E-state index is 0.142. The molecule has 0 bridgehead atoms. The molecule has 9 nitrogen and oxygen atoms in total. The van der Waals surface area contributed by atoms with Gasteiger partial charge in [0.25, 0.3) is 11.2 Å². The Hall–Kier alpha value is -3.72. The van der Waals surface area contributed by atoms with E-state index in [4.69, 9.17) is 9.47 Å². The maximum Gasteiger partial charge on any atom is 0.295 e. The van der Waals surface area contributed by atoms with Crippen LogP contribution in [0.3, 0.4) is 0 Å². The molecule has 32 heavy (non-hydrogen) atoms. The van der Waals surface area contributed by atoms with Crippen LogP contribution >= 0.6 is 0 Å². The molecule has 0 spiro atoms. The fourth-order valence-electron chi connectivity index (χ4n) is 3.74. The number of aromatic nitrogens is 2. The van der Waals surface area contributed by atoms with Crippen molar-refractivity contribution < 1.29 is 14.4 Å². The number of morpholine rings is 1. The molecule has 9 heteroatoms. The van der Waals surface area contributed by atoms with Gasteiger partial charge in [-0.05, 0) is 36.8 Å². The summed E-state index contributed by atoms with van der Waals surface area (Å²) in [5, 5.41) is 16.3. The number of hydrogen-bond acceptors (Lipinski definition) is 7. The van der Waals surface area contributed by atoms with Crippen molar-refractivity contribution in [3.63, 3.8) is 0 Å². The van der Waals surface area contributed by atoms with Crippen LogP contribution in [0.4, 0.5) is 11.4 Å². The van der Waals surface area contributed by atoms with Gasteiger partial charge in [-0.3, -0.25) is 14.9 Å². The second-order valence-corrected chi connectivity index (χ2v) is 7.39. The van der Waals surface area contributed by atoms with Crippen molar-refractivity contribution in [1.29, 1.82) is 0 Å². The zero-order valence-electron chi connectivity index (χ0n) is 18.0. The lowest BCUT2D eigenvalue weighted by Gasteiger charge is -2.29. The molecule has 0 N–H and O–H groups in total. The highest BCUT2D eigenvalue weighted by molar-refractivity contribution is 5.65. The molecular weight excluding hydrogens is 412 g/mol. The fourth-order valence-corrected chi connectivity index (χ4v) is 3.74. The van der Waals surface area contributed by atoms with Gasteiger partial charge in [0, 0.05) is 36.0 Å². The van der Waals surface area contributed by atoms with Gasteiger partial charge < -0.3 is 14.4 Å². The van der Waals surface area contributed by atoms with Crippen LogP contribution in [0.1, 0.15) is 12.5 Å². The van der Waals surface area contributed by atoms with Crippen LogP contribution in [0.5, 0.6) is 5.75 Å². The number of hydrogen-bond donors (Lipinski definition) is 0. The molecule has 2 heterocycles. The lowest BCUT2D eigenvalue weighted by molar-refractivity contribution is -0.384. The van der Waals surface area contributed by atoms with Gasteiger partial charge in [-0.15, -0.1) is 0 Å². The van der Waals surface area contributed by atoms with Crippen molar-refractivity contribution in [3.05, 3.63) is 74.6 Å². The van der Waals surface area contributed by atoms with Crippen molar-refractivity contribution in [3.8, 4) is 22.7 Å². The summed E-state index contributed by atoms with van der Waals surface area (Å²) in [4.78, 5) is 26.6. The Morgan fingerprint density at radius 1 is 1.16 bits per heavy atom. The first kappa shape index (κ1) is 21.5. The molecule has 1 aromatic heterocycles. The summed E-state index contributed by atoms with van der Waals surface area (Å²) in [6.07, 6.45) is 0.468. The SMILES string of the molecule is CCc1cc(-c2cccc(OC)c2)nn(-c2cc(N3CCOCC3)ccc2[N+](=O)[O-])c1=O. The van der Waals surface area contributed by atoms with E-state index in [0.29, 0.717) is 49.7 Å².